The molecule has 0 aromatic heterocycles. The number of hydrogen-bond donors (Lipinski definition) is 1. The van der Waals surface area contributed by atoms with E-state index in [0.717, 1.165) is 25.9 Å². The largest absolute Gasteiger partial charge is 0.342 e. The third-order valence-corrected chi connectivity index (χ3v) is 5.57. The first-order valence-corrected chi connectivity index (χ1v) is 8.47. The highest BCUT2D eigenvalue weighted by molar-refractivity contribution is 7.89. The van der Waals surface area contributed by atoms with E-state index in [0.29, 0.717) is 13.1 Å². The van der Waals surface area contributed by atoms with E-state index in [9.17, 15) is 13.2 Å². The third kappa shape index (κ3) is 4.43. The van der Waals surface area contributed by atoms with E-state index in [1.54, 1.807) is 25.8 Å². The molecule has 19 heavy (non-hydrogen) atoms. The van der Waals surface area contributed by atoms with E-state index in [1.807, 2.05) is 0 Å². The number of nitrogens with zero attached hydrogens (tertiary/aromatic N) is 2. The van der Waals surface area contributed by atoms with Gasteiger partial charge in [-0.05, 0) is 25.9 Å². The van der Waals surface area contributed by atoms with Crippen molar-refractivity contribution in [2.24, 2.45) is 0 Å². The number of carbonyl (C=O) groups excluding carboxylic acids is 1. The molecule has 0 unspecified atom stereocenters. The van der Waals surface area contributed by atoms with Crippen LogP contribution in [0.2, 0.25) is 0 Å². The minimum atomic E-state index is -3.48. The van der Waals surface area contributed by atoms with Crippen molar-refractivity contribution in [3.63, 3.8) is 0 Å². The Bertz CT molecular complexity index is 387. The predicted octanol–water partition coefficient (Wildman–Crippen LogP) is -0.132. The highest BCUT2D eigenvalue weighted by atomic mass is 32.2. The molecule has 7 heteroatoms. The summed E-state index contributed by atoms with van der Waals surface area (Å²) in [4.78, 5) is 13.7. The van der Waals surface area contributed by atoms with Crippen molar-refractivity contribution in [3.8, 4) is 0 Å². The van der Waals surface area contributed by atoms with Crippen LogP contribution in [0.3, 0.4) is 0 Å². The SMILES string of the molecule is CCN(CC)S(=O)(=O)CC(=O)N(C)C1CCNCC1. The molecule has 0 bridgehead atoms. The molecule has 0 radical (unpaired) electrons. The Labute approximate surface area is 116 Å². The maximum Gasteiger partial charge on any atom is 0.239 e. The summed E-state index contributed by atoms with van der Waals surface area (Å²) in [6.07, 6.45) is 1.76. The maximum absolute atomic E-state index is 12.1. The van der Waals surface area contributed by atoms with Crippen LogP contribution in [-0.4, -0.2) is 68.6 Å². The zero-order valence-corrected chi connectivity index (χ0v) is 12.9. The van der Waals surface area contributed by atoms with Gasteiger partial charge < -0.3 is 10.2 Å². The highest BCUT2D eigenvalue weighted by Crippen LogP contribution is 2.11. The lowest BCUT2D eigenvalue weighted by molar-refractivity contribution is -0.129. The van der Waals surface area contributed by atoms with E-state index >= 15 is 0 Å². The second-order valence-electron chi connectivity index (χ2n) is 4.83. The van der Waals surface area contributed by atoms with Crippen LogP contribution in [0.4, 0.5) is 0 Å². The fourth-order valence-electron chi connectivity index (χ4n) is 2.36. The molecule has 1 heterocycles. The van der Waals surface area contributed by atoms with E-state index in [1.165, 1.54) is 4.31 Å². The van der Waals surface area contributed by atoms with Crippen molar-refractivity contribution in [3.05, 3.63) is 0 Å². The summed E-state index contributed by atoms with van der Waals surface area (Å²) in [7, 11) is -1.77. The summed E-state index contributed by atoms with van der Waals surface area (Å²) in [5.74, 6) is -0.728. The van der Waals surface area contributed by atoms with Gasteiger partial charge in [0.05, 0.1) is 0 Å². The smallest absolute Gasteiger partial charge is 0.239 e. The molecule has 0 atom stereocenters. The quantitative estimate of drug-likeness (QED) is 0.740. The van der Waals surface area contributed by atoms with Crippen LogP contribution < -0.4 is 5.32 Å². The van der Waals surface area contributed by atoms with Crippen molar-refractivity contribution in [2.45, 2.75) is 32.7 Å². The summed E-state index contributed by atoms with van der Waals surface area (Å²) in [5.41, 5.74) is 0. The molecule has 1 rings (SSSR count). The molecule has 0 spiro atoms. The monoisotopic (exact) mass is 291 g/mol. The summed E-state index contributed by atoms with van der Waals surface area (Å²) in [5, 5.41) is 3.23. The van der Waals surface area contributed by atoms with Crippen LogP contribution in [0, 0.1) is 0 Å². The maximum atomic E-state index is 12.1. The first-order valence-electron chi connectivity index (χ1n) is 6.86. The number of amides is 1. The summed E-state index contributed by atoms with van der Waals surface area (Å²) in [6.45, 7) is 6.13. The van der Waals surface area contributed by atoms with Gasteiger partial charge in [-0.2, -0.15) is 0 Å². The normalized spacial score (nSPS) is 17.7. The van der Waals surface area contributed by atoms with Crippen molar-refractivity contribution in [1.29, 1.82) is 0 Å². The Hall–Kier alpha value is -0.660. The second-order valence-corrected chi connectivity index (χ2v) is 6.80. The van der Waals surface area contributed by atoms with Gasteiger partial charge in [0.25, 0.3) is 0 Å². The molecule has 0 aliphatic carbocycles. The summed E-state index contributed by atoms with van der Waals surface area (Å²) in [6, 6.07) is 0.153. The van der Waals surface area contributed by atoms with E-state index in [2.05, 4.69) is 5.32 Å². The molecule has 0 saturated carbocycles. The Morgan fingerprint density at radius 2 is 1.74 bits per heavy atom. The Kier molecular flexibility index (Phi) is 6.22. The number of piperidine rings is 1. The third-order valence-electron chi connectivity index (χ3n) is 3.65. The number of carbonyl (C=O) groups is 1. The topological polar surface area (TPSA) is 69.7 Å². The van der Waals surface area contributed by atoms with Gasteiger partial charge in [-0.25, -0.2) is 12.7 Å². The molecule has 1 aliphatic rings. The molecule has 1 fully saturated rings. The Balaban J connectivity index is 2.62. The van der Waals surface area contributed by atoms with Crippen molar-refractivity contribution >= 4 is 15.9 Å². The molecule has 1 amide bonds. The van der Waals surface area contributed by atoms with Gasteiger partial charge >= 0.3 is 0 Å². The van der Waals surface area contributed by atoms with E-state index < -0.39 is 15.8 Å². The molecular formula is C12H25N3O3S. The summed E-state index contributed by atoms with van der Waals surface area (Å²) < 4.78 is 25.4. The average molecular weight is 291 g/mol. The van der Waals surface area contributed by atoms with Crippen LogP contribution in [0.25, 0.3) is 0 Å². The molecule has 6 nitrogen and oxygen atoms in total. The number of rotatable bonds is 6. The Morgan fingerprint density at radius 3 is 2.21 bits per heavy atom. The zero-order valence-electron chi connectivity index (χ0n) is 12.1. The lowest BCUT2D eigenvalue weighted by Crippen LogP contribution is -2.47. The predicted molar refractivity (Wildman–Crippen MR) is 75.4 cm³/mol. The first-order chi connectivity index (χ1) is 8.92. The van der Waals surface area contributed by atoms with Gasteiger partial charge in [-0.15, -0.1) is 0 Å². The van der Waals surface area contributed by atoms with Gasteiger partial charge in [0, 0.05) is 26.2 Å². The fourth-order valence-corrected chi connectivity index (χ4v) is 3.85. The standard InChI is InChI=1S/C12H25N3O3S/c1-4-15(5-2)19(17,18)10-12(16)14(3)11-6-8-13-9-7-11/h11,13H,4-10H2,1-3H3. The van der Waals surface area contributed by atoms with Gasteiger partial charge in [0.2, 0.25) is 15.9 Å². The summed E-state index contributed by atoms with van der Waals surface area (Å²) >= 11 is 0. The van der Waals surface area contributed by atoms with E-state index in [-0.39, 0.29) is 11.9 Å². The second kappa shape index (κ2) is 7.21. The first kappa shape index (κ1) is 16.4. The van der Waals surface area contributed by atoms with Crippen molar-refractivity contribution < 1.29 is 13.2 Å². The van der Waals surface area contributed by atoms with Gasteiger partial charge in [-0.1, -0.05) is 13.8 Å². The van der Waals surface area contributed by atoms with Crippen LogP contribution in [-0.2, 0) is 14.8 Å². The minimum absolute atomic E-state index is 0.153. The van der Waals surface area contributed by atoms with Crippen LogP contribution in [0.1, 0.15) is 26.7 Å². The molecule has 1 saturated heterocycles. The number of sulfonamides is 1. The molecule has 1 N–H and O–H groups in total. The average Bonchev–Trinajstić information content (AvgIpc) is 2.39. The van der Waals surface area contributed by atoms with E-state index in [4.69, 9.17) is 0 Å². The lowest BCUT2D eigenvalue weighted by atomic mass is 10.1. The zero-order chi connectivity index (χ0) is 14.5. The Morgan fingerprint density at radius 1 is 1.21 bits per heavy atom. The van der Waals surface area contributed by atoms with Crippen LogP contribution >= 0.6 is 0 Å². The van der Waals surface area contributed by atoms with Crippen LogP contribution in [0.5, 0.6) is 0 Å². The molecule has 112 valence electrons. The van der Waals surface area contributed by atoms with Crippen molar-refractivity contribution in [1.82, 2.24) is 14.5 Å². The minimum Gasteiger partial charge on any atom is -0.342 e. The molecule has 0 aromatic rings. The van der Waals surface area contributed by atoms with Gasteiger partial charge in [-0.3, -0.25) is 4.79 Å². The van der Waals surface area contributed by atoms with Gasteiger partial charge in [0.1, 0.15) is 5.75 Å². The number of hydrogen-bond acceptors (Lipinski definition) is 4. The molecule has 0 aromatic carbocycles. The van der Waals surface area contributed by atoms with Gasteiger partial charge in [0.15, 0.2) is 0 Å². The molecular weight excluding hydrogens is 266 g/mol. The number of nitrogens with one attached hydrogen (secondary N) is 1. The lowest BCUT2D eigenvalue weighted by Gasteiger charge is -2.32. The molecule has 1 aliphatic heterocycles. The van der Waals surface area contributed by atoms with Crippen molar-refractivity contribution in [2.75, 3.05) is 39.0 Å². The highest BCUT2D eigenvalue weighted by Gasteiger charge is 2.28. The fraction of sp³-hybridized carbons (Fsp3) is 0.917. The van der Waals surface area contributed by atoms with Crippen LogP contribution in [0.15, 0.2) is 0 Å².